The lowest BCUT2D eigenvalue weighted by Crippen LogP contribution is -2.30. The van der Waals surface area contributed by atoms with Gasteiger partial charge in [0.1, 0.15) is 19.8 Å². The molecular weight excluding hydrogens is 522 g/mol. The Balaban J connectivity index is 2.30. The van der Waals surface area contributed by atoms with Gasteiger partial charge in [0.25, 0.3) is 0 Å². The van der Waals surface area contributed by atoms with Gasteiger partial charge in [-0.3, -0.25) is 14.4 Å². The molecule has 3 unspecified atom stereocenters. The van der Waals surface area contributed by atoms with E-state index in [4.69, 9.17) is 14.2 Å². The Morgan fingerprint density at radius 1 is 0.439 bits per heavy atom. The maximum atomic E-state index is 12.0. The number of ether oxygens (including phenoxy) is 3. The Morgan fingerprint density at radius 2 is 0.707 bits per heavy atom. The van der Waals surface area contributed by atoms with Crippen molar-refractivity contribution >= 4 is 17.9 Å². The monoisotopic (exact) mass is 583 g/mol. The van der Waals surface area contributed by atoms with Crippen molar-refractivity contribution in [1.82, 2.24) is 16.0 Å². The number of cyclic esters (lactones) is 3. The minimum atomic E-state index is -0.127. The Bertz CT molecular complexity index is 678. The van der Waals surface area contributed by atoms with Crippen LogP contribution in [0.5, 0.6) is 0 Å². The molecule has 1 aliphatic heterocycles. The number of carbonyl (C=O) groups excluding carboxylic acids is 3. The van der Waals surface area contributed by atoms with Crippen molar-refractivity contribution in [2.24, 2.45) is 0 Å². The molecule has 0 amide bonds. The first-order valence-corrected chi connectivity index (χ1v) is 16.5. The van der Waals surface area contributed by atoms with E-state index in [1.807, 2.05) is 0 Å². The summed E-state index contributed by atoms with van der Waals surface area (Å²) < 4.78 is 16.1. The summed E-state index contributed by atoms with van der Waals surface area (Å²) in [6.45, 7) is 9.69. The third-order valence-corrected chi connectivity index (χ3v) is 7.63. The number of hydrogen-bond donors (Lipinski definition) is 3. The van der Waals surface area contributed by atoms with Crippen molar-refractivity contribution in [3.8, 4) is 0 Å². The van der Waals surface area contributed by atoms with Crippen LogP contribution in [0.4, 0.5) is 0 Å². The minimum absolute atomic E-state index is 0.108. The van der Waals surface area contributed by atoms with E-state index in [9.17, 15) is 14.4 Å². The molecule has 3 atom stereocenters. The van der Waals surface area contributed by atoms with Crippen LogP contribution in [0.2, 0.25) is 0 Å². The van der Waals surface area contributed by atoms with Crippen LogP contribution < -0.4 is 16.0 Å². The van der Waals surface area contributed by atoms with Gasteiger partial charge in [0.2, 0.25) is 0 Å². The molecule has 1 heterocycles. The largest absolute Gasteiger partial charge is 0.464 e. The van der Waals surface area contributed by atoms with Gasteiger partial charge in [0.15, 0.2) is 0 Å². The predicted octanol–water partition coefficient (Wildman–Crippen LogP) is 5.20. The third-order valence-electron chi connectivity index (χ3n) is 7.63. The SMILES string of the molecule is CC1CCCCCCCC(=O)OCCNC(C)CCCCCC(=O)OCCNC(C)CCCCCC(=O)OCCN1. The quantitative estimate of drug-likeness (QED) is 0.262. The summed E-state index contributed by atoms with van der Waals surface area (Å²) in [6, 6.07) is 1.10. The van der Waals surface area contributed by atoms with Crippen LogP contribution in [0.15, 0.2) is 0 Å². The second kappa shape index (κ2) is 26.0. The maximum absolute atomic E-state index is 12.0. The lowest BCUT2D eigenvalue weighted by Gasteiger charge is -2.14. The molecule has 1 rings (SSSR count). The molecule has 0 spiro atoms. The molecule has 1 aliphatic rings. The van der Waals surface area contributed by atoms with Crippen molar-refractivity contribution < 1.29 is 28.6 Å². The summed E-state index contributed by atoms with van der Waals surface area (Å²) in [5.74, 6) is -0.351. The van der Waals surface area contributed by atoms with Crippen molar-refractivity contribution in [2.45, 2.75) is 148 Å². The normalized spacial score (nSPS) is 27.3. The lowest BCUT2D eigenvalue weighted by atomic mass is 10.1. The molecule has 0 aromatic heterocycles. The zero-order valence-electron chi connectivity index (χ0n) is 26.4. The number of esters is 3. The Hall–Kier alpha value is -1.71. The fourth-order valence-corrected chi connectivity index (χ4v) is 4.98. The zero-order chi connectivity index (χ0) is 30.0. The first-order chi connectivity index (χ1) is 19.9. The molecule has 0 aliphatic carbocycles. The highest BCUT2D eigenvalue weighted by Gasteiger charge is 2.08. The van der Waals surface area contributed by atoms with Crippen LogP contribution in [0.25, 0.3) is 0 Å². The Kier molecular flexibility index (Phi) is 23.6. The predicted molar refractivity (Wildman–Crippen MR) is 164 cm³/mol. The van der Waals surface area contributed by atoms with Gasteiger partial charge >= 0.3 is 17.9 Å². The van der Waals surface area contributed by atoms with Gasteiger partial charge < -0.3 is 30.2 Å². The molecule has 0 aromatic rings. The molecule has 0 saturated carbocycles. The van der Waals surface area contributed by atoms with E-state index in [0.29, 0.717) is 76.8 Å². The van der Waals surface area contributed by atoms with Crippen LogP contribution in [-0.4, -0.2) is 75.5 Å². The second-order valence-corrected chi connectivity index (χ2v) is 11.7. The number of rotatable bonds is 0. The van der Waals surface area contributed by atoms with E-state index in [2.05, 4.69) is 36.7 Å². The van der Waals surface area contributed by atoms with Crippen molar-refractivity contribution in [3.05, 3.63) is 0 Å². The molecule has 240 valence electrons. The molecule has 9 nitrogen and oxygen atoms in total. The molecule has 3 N–H and O–H groups in total. The fourth-order valence-electron chi connectivity index (χ4n) is 4.98. The van der Waals surface area contributed by atoms with Gasteiger partial charge in [-0.2, -0.15) is 0 Å². The average Bonchev–Trinajstić information content (AvgIpc) is 2.94. The van der Waals surface area contributed by atoms with Crippen LogP contribution in [0.3, 0.4) is 0 Å². The summed E-state index contributed by atoms with van der Waals surface area (Å²) in [5.41, 5.74) is 0. The van der Waals surface area contributed by atoms with Gasteiger partial charge in [-0.1, -0.05) is 51.4 Å². The molecule has 9 heteroatoms. The van der Waals surface area contributed by atoms with Crippen molar-refractivity contribution in [2.75, 3.05) is 39.5 Å². The van der Waals surface area contributed by atoms with Crippen LogP contribution in [0, 0.1) is 0 Å². The van der Waals surface area contributed by atoms with Crippen LogP contribution in [0.1, 0.15) is 130 Å². The van der Waals surface area contributed by atoms with E-state index >= 15 is 0 Å². The number of hydrogen-bond acceptors (Lipinski definition) is 9. The highest BCUT2D eigenvalue weighted by molar-refractivity contribution is 5.69. The van der Waals surface area contributed by atoms with Crippen LogP contribution in [-0.2, 0) is 28.6 Å². The highest BCUT2D eigenvalue weighted by atomic mass is 16.5. The topological polar surface area (TPSA) is 115 Å². The standard InChI is InChI=1S/C32H61N3O6/c1-27-15-9-5-4-6-12-18-30(36)39-24-22-34-28(2)16-10-7-14-20-32(38)41-26-23-35-29(3)17-11-8-13-19-31(37)40-25-21-33-27/h27-29,33-35H,4-26H2,1-3H3. The molecule has 0 aromatic carbocycles. The van der Waals surface area contributed by atoms with Gasteiger partial charge in [-0.05, 0) is 59.3 Å². The Labute approximate surface area is 250 Å². The third kappa shape index (κ3) is 24.6. The smallest absolute Gasteiger partial charge is 0.305 e. The van der Waals surface area contributed by atoms with Crippen LogP contribution >= 0.6 is 0 Å². The maximum Gasteiger partial charge on any atom is 0.305 e. The van der Waals surface area contributed by atoms with E-state index < -0.39 is 0 Å². The first-order valence-electron chi connectivity index (χ1n) is 16.5. The summed E-state index contributed by atoms with van der Waals surface area (Å²) in [7, 11) is 0. The van der Waals surface area contributed by atoms with Gasteiger partial charge in [0, 0.05) is 57.0 Å². The molecule has 41 heavy (non-hydrogen) atoms. The van der Waals surface area contributed by atoms with Crippen molar-refractivity contribution in [1.29, 1.82) is 0 Å². The molecular formula is C32H61N3O6. The Morgan fingerprint density at radius 3 is 1.05 bits per heavy atom. The van der Waals surface area contributed by atoms with Crippen molar-refractivity contribution in [3.63, 3.8) is 0 Å². The van der Waals surface area contributed by atoms with E-state index in [1.54, 1.807) is 0 Å². The molecule has 1 saturated heterocycles. The highest BCUT2D eigenvalue weighted by Crippen LogP contribution is 2.10. The first kappa shape index (κ1) is 37.3. The minimum Gasteiger partial charge on any atom is -0.464 e. The fraction of sp³-hybridized carbons (Fsp3) is 0.906. The summed E-state index contributed by atoms with van der Waals surface area (Å²) in [6.07, 6.45) is 15.8. The van der Waals surface area contributed by atoms with Gasteiger partial charge in [0.05, 0.1) is 0 Å². The number of carbonyl (C=O) groups is 3. The van der Waals surface area contributed by atoms with E-state index in [-0.39, 0.29) is 17.9 Å². The molecule has 0 bridgehead atoms. The lowest BCUT2D eigenvalue weighted by molar-refractivity contribution is -0.144. The van der Waals surface area contributed by atoms with Gasteiger partial charge in [-0.15, -0.1) is 0 Å². The van der Waals surface area contributed by atoms with Gasteiger partial charge in [-0.25, -0.2) is 0 Å². The van der Waals surface area contributed by atoms with E-state index in [0.717, 1.165) is 89.9 Å². The summed E-state index contributed by atoms with van der Waals surface area (Å²) in [4.78, 5) is 35.9. The molecule has 1 fully saturated rings. The average molecular weight is 584 g/mol. The number of nitrogens with one attached hydrogen (secondary N) is 3. The zero-order valence-corrected chi connectivity index (χ0v) is 26.4. The summed E-state index contributed by atoms with van der Waals surface area (Å²) in [5, 5.41) is 10.3. The molecule has 0 radical (unpaired) electrons. The van der Waals surface area contributed by atoms with E-state index in [1.165, 1.54) is 0 Å². The summed E-state index contributed by atoms with van der Waals surface area (Å²) >= 11 is 0. The second-order valence-electron chi connectivity index (χ2n) is 11.7.